The zero-order chi connectivity index (χ0) is 43.6. The molecule has 12 rings (SSSR count). The highest BCUT2D eigenvalue weighted by atomic mass is 16.5. The largest absolute Gasteiger partial charge is 0.503 e. The highest BCUT2D eigenvalue weighted by Gasteiger charge is 2.55. The van der Waals surface area contributed by atoms with E-state index in [0.717, 1.165) is 51.8 Å². The van der Waals surface area contributed by atoms with Crippen LogP contribution in [0, 0.1) is 17.8 Å². The third-order valence-corrected chi connectivity index (χ3v) is 15.0. The molecule has 0 atom stereocenters. The quantitative estimate of drug-likeness (QED) is 0.156. The zero-order valence-electron chi connectivity index (χ0n) is 38.7. The second kappa shape index (κ2) is 14.1. The van der Waals surface area contributed by atoms with Gasteiger partial charge < -0.3 is 4.74 Å². The average Bonchev–Trinajstić information content (AvgIpc) is 3.79. The summed E-state index contributed by atoms with van der Waals surface area (Å²) in [6, 6.07) is 46.4. The van der Waals surface area contributed by atoms with E-state index in [-0.39, 0.29) is 21.7 Å². The van der Waals surface area contributed by atoms with Crippen molar-refractivity contribution in [1.29, 1.82) is 0 Å². The first kappa shape index (κ1) is 40.0. The van der Waals surface area contributed by atoms with E-state index >= 15 is 0 Å². The molecule has 4 bridgehead atoms. The molecule has 5 aliphatic rings. The first-order chi connectivity index (χ1) is 30.0. The molecule has 63 heavy (non-hydrogen) atoms. The van der Waals surface area contributed by atoms with Crippen molar-refractivity contribution in [3.8, 4) is 17.3 Å². The average molecular weight is 831 g/mol. The Balaban J connectivity index is 1.04. The minimum Gasteiger partial charge on any atom is -0.457 e. The van der Waals surface area contributed by atoms with E-state index < -0.39 is 0 Å². The highest BCUT2D eigenvalue weighted by molar-refractivity contribution is 6.09. The van der Waals surface area contributed by atoms with Crippen LogP contribution in [-0.4, -0.2) is 15.6 Å². The van der Waals surface area contributed by atoms with E-state index in [1.54, 1.807) is 0 Å². The molecular formula is C58H62N4O+2. The van der Waals surface area contributed by atoms with Gasteiger partial charge in [0, 0.05) is 58.3 Å². The van der Waals surface area contributed by atoms with Crippen molar-refractivity contribution in [2.45, 2.75) is 122 Å². The lowest BCUT2D eigenvalue weighted by Gasteiger charge is -2.56. The van der Waals surface area contributed by atoms with Gasteiger partial charge in [0.2, 0.25) is 11.4 Å². The number of para-hydroxylation sites is 2. The predicted octanol–water partition coefficient (Wildman–Crippen LogP) is 15.2. The Kier molecular flexibility index (Phi) is 8.97. The van der Waals surface area contributed by atoms with E-state index in [9.17, 15) is 0 Å². The SMILES string of the molecule is CC(C)(C)c1cc([N+]2=C=[N+](c3cccc(Oc4ccc5c6ccccc6n(-c6cc(C(C)(C)C)ccn6)c5c4)c3)c3cccc(C45CC6CC(CC(C6)C4)C5)c32)cc(C(C)(C)C)c1. The number of benzene rings is 5. The van der Waals surface area contributed by atoms with Gasteiger partial charge in [0.25, 0.3) is 5.69 Å². The van der Waals surface area contributed by atoms with Crippen LogP contribution in [0.5, 0.6) is 11.5 Å². The summed E-state index contributed by atoms with van der Waals surface area (Å²) in [7, 11) is 0. The van der Waals surface area contributed by atoms with E-state index in [4.69, 9.17) is 9.72 Å². The first-order valence-corrected chi connectivity index (χ1v) is 23.4. The number of hydrogen-bond acceptors (Lipinski definition) is 2. The molecule has 0 saturated heterocycles. The van der Waals surface area contributed by atoms with Crippen LogP contribution in [0.25, 0.3) is 27.6 Å². The summed E-state index contributed by atoms with van der Waals surface area (Å²) >= 11 is 0. The summed E-state index contributed by atoms with van der Waals surface area (Å²) < 4.78 is 13.8. The summed E-state index contributed by atoms with van der Waals surface area (Å²) in [6.07, 6.45) is 10.1. The van der Waals surface area contributed by atoms with Gasteiger partial charge in [0.15, 0.2) is 0 Å². The number of fused-ring (bicyclic) bond motifs is 4. The van der Waals surface area contributed by atoms with Gasteiger partial charge >= 0.3 is 11.7 Å². The Morgan fingerprint density at radius 3 is 1.89 bits per heavy atom. The maximum Gasteiger partial charge on any atom is 0.503 e. The molecule has 1 aliphatic heterocycles. The number of pyridine rings is 1. The molecule has 7 aromatic rings. The van der Waals surface area contributed by atoms with Gasteiger partial charge in [-0.2, -0.15) is 0 Å². The van der Waals surface area contributed by atoms with Gasteiger partial charge in [-0.1, -0.05) is 105 Å². The van der Waals surface area contributed by atoms with Crippen molar-refractivity contribution >= 4 is 50.6 Å². The van der Waals surface area contributed by atoms with E-state index in [1.165, 1.54) is 88.6 Å². The van der Waals surface area contributed by atoms with E-state index in [0.29, 0.717) is 0 Å². The lowest BCUT2D eigenvalue weighted by atomic mass is 9.48. The van der Waals surface area contributed by atoms with Crippen LogP contribution in [0.1, 0.15) is 123 Å². The smallest absolute Gasteiger partial charge is 0.457 e. The second-order valence-corrected chi connectivity index (χ2v) is 22.7. The van der Waals surface area contributed by atoms with Crippen molar-refractivity contribution in [2.75, 3.05) is 0 Å². The maximum absolute atomic E-state index is 6.84. The Hall–Kier alpha value is -5.77. The van der Waals surface area contributed by atoms with Gasteiger partial charge in [-0.25, -0.2) is 4.98 Å². The topological polar surface area (TPSA) is 33.1 Å². The third kappa shape index (κ3) is 6.86. The lowest BCUT2D eigenvalue weighted by molar-refractivity contribution is -0.00500. The number of ether oxygens (including phenoxy) is 1. The van der Waals surface area contributed by atoms with Crippen LogP contribution in [0.2, 0.25) is 0 Å². The standard InChI is InChI=1S/C58H62N4O/c1-55(2,3)40-22-23-59-53(30-40)62-50-18-11-10-16-47(50)48-21-20-46(32-52(48)62)63-45-15-12-14-43(31-45)60-36-61(44-28-41(56(4,5)6)27-42(29-44)57(7,8)9)54-49(17-13-19-51(54)60)58-33-37-24-38(34-58)26-39(25-37)35-58/h10-23,27-32,37-39H,24-26,33-35H2,1-9H3/q+2. The fraction of sp³-hybridized carbons (Fsp3) is 0.379. The van der Waals surface area contributed by atoms with E-state index in [1.807, 2.05) is 6.20 Å². The molecule has 3 heterocycles. The molecule has 0 N–H and O–H groups in total. The molecule has 4 saturated carbocycles. The molecule has 4 aliphatic carbocycles. The van der Waals surface area contributed by atoms with Crippen molar-refractivity contribution in [2.24, 2.45) is 17.8 Å². The van der Waals surface area contributed by atoms with Crippen LogP contribution < -0.4 is 13.9 Å². The zero-order valence-corrected chi connectivity index (χ0v) is 38.7. The van der Waals surface area contributed by atoms with Gasteiger partial charge in [-0.3, -0.25) is 4.57 Å². The first-order valence-electron chi connectivity index (χ1n) is 23.4. The molecule has 318 valence electrons. The number of hydrogen-bond donors (Lipinski definition) is 0. The lowest BCUT2D eigenvalue weighted by Crippen LogP contribution is -2.48. The molecular weight excluding hydrogens is 769 g/mol. The fourth-order valence-corrected chi connectivity index (χ4v) is 12.1. The Morgan fingerprint density at radius 1 is 0.571 bits per heavy atom. The Bertz CT molecular complexity index is 3000. The minimum atomic E-state index is -0.00623. The van der Waals surface area contributed by atoms with Crippen LogP contribution in [0.4, 0.5) is 22.7 Å². The third-order valence-electron chi connectivity index (χ3n) is 15.0. The summed E-state index contributed by atoms with van der Waals surface area (Å²) in [5.41, 5.74) is 12.6. The molecule has 5 heteroatoms. The van der Waals surface area contributed by atoms with Crippen molar-refractivity contribution in [3.05, 3.63) is 144 Å². The summed E-state index contributed by atoms with van der Waals surface area (Å²) in [5, 5.41) is 2.37. The molecule has 5 nitrogen and oxygen atoms in total. The Labute approximate surface area is 373 Å². The summed E-state index contributed by atoms with van der Waals surface area (Å²) in [4.78, 5) is 4.91. The van der Waals surface area contributed by atoms with Gasteiger partial charge in [0.05, 0.1) is 17.1 Å². The molecule has 0 amide bonds. The summed E-state index contributed by atoms with van der Waals surface area (Å²) in [6.45, 7) is 20.8. The predicted molar refractivity (Wildman–Crippen MR) is 262 cm³/mol. The van der Waals surface area contributed by atoms with Crippen molar-refractivity contribution in [1.82, 2.24) is 18.7 Å². The monoisotopic (exact) mass is 830 g/mol. The number of rotatable bonds is 6. The molecule has 2 aromatic heterocycles. The van der Waals surface area contributed by atoms with Crippen LogP contribution >= 0.6 is 0 Å². The number of aromatic nitrogens is 2. The molecule has 0 spiro atoms. The van der Waals surface area contributed by atoms with Gasteiger partial charge in [-0.05, 0) is 135 Å². The Morgan fingerprint density at radius 2 is 1.21 bits per heavy atom. The highest BCUT2D eigenvalue weighted by Crippen LogP contribution is 2.63. The number of nitrogens with zero attached hydrogens (tertiary/aromatic N) is 4. The van der Waals surface area contributed by atoms with Crippen molar-refractivity contribution in [3.63, 3.8) is 0 Å². The van der Waals surface area contributed by atoms with E-state index in [2.05, 4.69) is 197 Å². The molecule has 5 aromatic carbocycles. The van der Waals surface area contributed by atoms with Crippen LogP contribution in [0.3, 0.4) is 0 Å². The normalized spacial score (nSPS) is 21.8. The van der Waals surface area contributed by atoms with Crippen LogP contribution in [-0.2, 0) is 21.7 Å². The van der Waals surface area contributed by atoms with Crippen molar-refractivity contribution < 1.29 is 4.74 Å². The van der Waals surface area contributed by atoms with Crippen LogP contribution in [0.15, 0.2) is 121 Å². The molecule has 4 fully saturated rings. The maximum atomic E-state index is 6.84. The minimum absolute atomic E-state index is 0.000295. The fourth-order valence-electron chi connectivity index (χ4n) is 12.1. The summed E-state index contributed by atoms with van der Waals surface area (Å²) in [5.74, 6) is 5.02. The molecule has 0 unspecified atom stereocenters. The second-order valence-electron chi connectivity index (χ2n) is 22.7. The molecule has 0 radical (unpaired) electrons. The van der Waals surface area contributed by atoms with Gasteiger partial charge in [0.1, 0.15) is 17.3 Å². The van der Waals surface area contributed by atoms with Gasteiger partial charge in [-0.15, -0.1) is 0 Å².